The number of rotatable bonds is 11. The molecular formula is C14H24O8. The highest BCUT2D eigenvalue weighted by atomic mass is 16.7. The predicted molar refractivity (Wildman–Crippen MR) is 74.9 cm³/mol. The molecule has 22 heavy (non-hydrogen) atoms. The molecule has 0 aromatic rings. The van der Waals surface area contributed by atoms with Crippen LogP contribution in [0.4, 0.5) is 0 Å². The summed E-state index contributed by atoms with van der Waals surface area (Å²) in [6.45, 7) is 3.57. The maximum absolute atomic E-state index is 11.8. The Morgan fingerprint density at radius 3 is 2.00 bits per heavy atom. The summed E-state index contributed by atoms with van der Waals surface area (Å²) >= 11 is 0. The number of esters is 1. The molecule has 8 nitrogen and oxygen atoms in total. The van der Waals surface area contributed by atoms with Crippen LogP contribution < -0.4 is 0 Å². The van der Waals surface area contributed by atoms with Crippen LogP contribution in [-0.2, 0) is 19.1 Å². The fourth-order valence-corrected chi connectivity index (χ4v) is 1.90. The van der Waals surface area contributed by atoms with E-state index in [2.05, 4.69) is 0 Å². The lowest BCUT2D eigenvalue weighted by molar-refractivity contribution is -0.218. The highest BCUT2D eigenvalue weighted by Crippen LogP contribution is 2.24. The van der Waals surface area contributed by atoms with Crippen LogP contribution in [0.25, 0.3) is 0 Å². The van der Waals surface area contributed by atoms with E-state index in [1.54, 1.807) is 6.92 Å². The largest absolute Gasteiger partial charge is 0.481 e. The lowest BCUT2D eigenvalue weighted by Crippen LogP contribution is -2.45. The van der Waals surface area contributed by atoms with Crippen molar-refractivity contribution in [3.05, 3.63) is 0 Å². The van der Waals surface area contributed by atoms with Gasteiger partial charge in [0, 0.05) is 12.8 Å². The van der Waals surface area contributed by atoms with Crippen LogP contribution in [0.5, 0.6) is 0 Å². The molecule has 0 rings (SSSR count). The van der Waals surface area contributed by atoms with Crippen molar-refractivity contribution >= 4 is 17.9 Å². The third-order valence-corrected chi connectivity index (χ3v) is 3.31. The van der Waals surface area contributed by atoms with Crippen molar-refractivity contribution in [3.8, 4) is 0 Å². The number of aliphatic carboxylic acids is 2. The first-order valence-electron chi connectivity index (χ1n) is 7.20. The molecule has 0 saturated carbocycles. The fourth-order valence-electron chi connectivity index (χ4n) is 1.90. The van der Waals surface area contributed by atoms with Gasteiger partial charge in [0.15, 0.2) is 5.60 Å². The van der Waals surface area contributed by atoms with Crippen LogP contribution in [0.3, 0.4) is 0 Å². The van der Waals surface area contributed by atoms with Crippen molar-refractivity contribution in [2.24, 2.45) is 0 Å². The van der Waals surface area contributed by atoms with Gasteiger partial charge in [-0.2, -0.15) is 0 Å². The summed E-state index contributed by atoms with van der Waals surface area (Å²) in [4.78, 5) is 33.3. The molecule has 0 aliphatic heterocycles. The van der Waals surface area contributed by atoms with Crippen molar-refractivity contribution < 1.29 is 39.5 Å². The van der Waals surface area contributed by atoms with E-state index >= 15 is 0 Å². The highest BCUT2D eigenvalue weighted by Gasteiger charge is 2.43. The predicted octanol–water partition coefficient (Wildman–Crippen LogP) is 0.889. The molecule has 0 aromatic heterocycles. The number of ether oxygens (including phenoxy) is 1. The Balaban J connectivity index is 4.80. The van der Waals surface area contributed by atoms with Crippen molar-refractivity contribution in [1.82, 2.24) is 0 Å². The summed E-state index contributed by atoms with van der Waals surface area (Å²) in [6, 6.07) is 0. The topological polar surface area (TPSA) is 141 Å². The molecule has 8 heteroatoms. The molecule has 2 unspecified atom stereocenters. The third-order valence-electron chi connectivity index (χ3n) is 3.31. The number of carbonyl (C=O) groups excluding carboxylic acids is 1. The Labute approximate surface area is 128 Å². The van der Waals surface area contributed by atoms with Gasteiger partial charge in [-0.3, -0.25) is 9.59 Å². The van der Waals surface area contributed by atoms with E-state index in [9.17, 15) is 24.6 Å². The van der Waals surface area contributed by atoms with Gasteiger partial charge in [-0.05, 0) is 6.42 Å². The lowest BCUT2D eigenvalue weighted by atomic mass is 9.95. The summed E-state index contributed by atoms with van der Waals surface area (Å²) in [5, 5.41) is 37.4. The normalized spacial score (nSPS) is 16.4. The SMILES string of the molecule is CCCCCC(O)(CC)OC(=O)CC(O)(CC(=O)O)C(=O)O. The Kier molecular flexibility index (Phi) is 8.04. The standard InChI is InChI=1S/C14H24O8/c1-3-5-6-7-14(21,4-2)22-11(17)9-13(20,12(18)19)8-10(15)16/h20-21H,3-9H2,1-2H3,(H,15,16)(H,18,19). The van der Waals surface area contributed by atoms with E-state index in [1.807, 2.05) is 6.92 Å². The van der Waals surface area contributed by atoms with Gasteiger partial charge in [0.2, 0.25) is 5.79 Å². The Morgan fingerprint density at radius 2 is 1.59 bits per heavy atom. The molecule has 0 aromatic carbocycles. The maximum atomic E-state index is 11.8. The van der Waals surface area contributed by atoms with Crippen LogP contribution in [0, 0.1) is 0 Å². The second-order valence-electron chi connectivity index (χ2n) is 5.31. The average molecular weight is 320 g/mol. The Morgan fingerprint density at radius 1 is 1.00 bits per heavy atom. The van der Waals surface area contributed by atoms with E-state index in [-0.39, 0.29) is 12.8 Å². The number of carboxylic acids is 2. The molecule has 0 spiro atoms. The molecule has 0 fully saturated rings. The third kappa shape index (κ3) is 6.86. The summed E-state index contributed by atoms with van der Waals surface area (Å²) < 4.78 is 4.86. The number of hydrogen-bond donors (Lipinski definition) is 4. The first-order valence-corrected chi connectivity index (χ1v) is 7.20. The van der Waals surface area contributed by atoms with Gasteiger partial charge in [-0.15, -0.1) is 0 Å². The first kappa shape index (κ1) is 20.3. The lowest BCUT2D eigenvalue weighted by Gasteiger charge is -2.28. The zero-order valence-electron chi connectivity index (χ0n) is 12.9. The van der Waals surface area contributed by atoms with E-state index in [0.717, 1.165) is 12.8 Å². The van der Waals surface area contributed by atoms with Gasteiger partial charge in [0.05, 0.1) is 12.8 Å². The number of carboxylic acid groups (broad SMARTS) is 2. The maximum Gasteiger partial charge on any atom is 0.336 e. The van der Waals surface area contributed by atoms with Crippen molar-refractivity contribution in [2.45, 2.75) is 70.2 Å². The molecule has 0 heterocycles. The quantitative estimate of drug-likeness (QED) is 0.250. The van der Waals surface area contributed by atoms with Crippen molar-refractivity contribution in [1.29, 1.82) is 0 Å². The van der Waals surface area contributed by atoms with Crippen LogP contribution in [0.1, 0.15) is 58.8 Å². The summed E-state index contributed by atoms with van der Waals surface area (Å²) in [5.41, 5.74) is -2.76. The van der Waals surface area contributed by atoms with Gasteiger partial charge in [-0.1, -0.05) is 26.7 Å². The molecule has 4 N–H and O–H groups in total. The summed E-state index contributed by atoms with van der Waals surface area (Å²) in [6.07, 6.45) is 0.457. The second-order valence-corrected chi connectivity index (χ2v) is 5.31. The number of carbonyl (C=O) groups is 3. The van der Waals surface area contributed by atoms with Crippen LogP contribution >= 0.6 is 0 Å². The van der Waals surface area contributed by atoms with E-state index in [4.69, 9.17) is 14.9 Å². The first-order chi connectivity index (χ1) is 10.1. The van der Waals surface area contributed by atoms with Crippen LogP contribution in [0.15, 0.2) is 0 Å². The van der Waals surface area contributed by atoms with Gasteiger partial charge in [0.25, 0.3) is 0 Å². The molecule has 0 saturated heterocycles. The van der Waals surface area contributed by atoms with E-state index < -0.39 is 42.1 Å². The van der Waals surface area contributed by atoms with Gasteiger partial charge >= 0.3 is 17.9 Å². The molecule has 0 bridgehead atoms. The summed E-state index contributed by atoms with van der Waals surface area (Å²) in [5.74, 6) is -6.30. The van der Waals surface area contributed by atoms with Gasteiger partial charge in [0.1, 0.15) is 0 Å². The van der Waals surface area contributed by atoms with Crippen LogP contribution in [-0.4, -0.2) is 49.7 Å². The number of aliphatic hydroxyl groups is 2. The monoisotopic (exact) mass is 320 g/mol. The molecule has 128 valence electrons. The minimum absolute atomic E-state index is 0.104. The van der Waals surface area contributed by atoms with Crippen molar-refractivity contribution in [3.63, 3.8) is 0 Å². The smallest absolute Gasteiger partial charge is 0.336 e. The zero-order valence-corrected chi connectivity index (χ0v) is 12.9. The number of hydrogen-bond acceptors (Lipinski definition) is 6. The molecule has 0 radical (unpaired) electrons. The zero-order chi connectivity index (χ0) is 17.4. The minimum atomic E-state index is -2.76. The Bertz CT molecular complexity index is 408. The van der Waals surface area contributed by atoms with Gasteiger partial charge < -0.3 is 25.2 Å². The minimum Gasteiger partial charge on any atom is -0.481 e. The Hall–Kier alpha value is -1.67. The van der Waals surface area contributed by atoms with Crippen LogP contribution in [0.2, 0.25) is 0 Å². The fraction of sp³-hybridized carbons (Fsp3) is 0.786. The average Bonchev–Trinajstić information content (AvgIpc) is 2.37. The van der Waals surface area contributed by atoms with Crippen molar-refractivity contribution in [2.75, 3.05) is 0 Å². The van der Waals surface area contributed by atoms with E-state index in [1.165, 1.54) is 0 Å². The number of unbranched alkanes of at least 4 members (excludes halogenated alkanes) is 2. The van der Waals surface area contributed by atoms with E-state index in [0.29, 0.717) is 6.42 Å². The highest BCUT2D eigenvalue weighted by molar-refractivity contribution is 5.88. The molecule has 0 aliphatic carbocycles. The molecule has 0 aliphatic rings. The molecular weight excluding hydrogens is 296 g/mol. The summed E-state index contributed by atoms with van der Waals surface area (Å²) in [7, 11) is 0. The molecule has 0 amide bonds. The molecule has 2 atom stereocenters. The van der Waals surface area contributed by atoms with Gasteiger partial charge in [-0.25, -0.2) is 4.79 Å². The second kappa shape index (κ2) is 8.70.